The van der Waals surface area contributed by atoms with Gasteiger partial charge < -0.3 is 10.5 Å². The van der Waals surface area contributed by atoms with E-state index >= 15 is 0 Å². The van der Waals surface area contributed by atoms with Crippen LogP contribution in [-0.4, -0.2) is 31.7 Å². The molecule has 0 aliphatic heterocycles. The summed E-state index contributed by atoms with van der Waals surface area (Å²) in [6.07, 6.45) is 0. The number of hydrogen-bond acceptors (Lipinski definition) is 3. The fraction of sp³-hybridized carbons (Fsp3) is 0.571. The van der Waals surface area contributed by atoms with Crippen LogP contribution in [0.15, 0.2) is 24.3 Å². The molecule has 3 nitrogen and oxygen atoms in total. The third kappa shape index (κ3) is 6.84. The summed E-state index contributed by atoms with van der Waals surface area (Å²) in [5.41, 5.74) is 7.89. The monoisotopic (exact) mass is 272 g/mol. The Morgan fingerprint density at radius 1 is 1.33 bits per heavy atom. The van der Waals surface area contributed by atoms with Crippen molar-refractivity contribution in [3.05, 3.63) is 29.8 Å². The van der Waals surface area contributed by atoms with Crippen molar-refractivity contribution in [2.24, 2.45) is 5.92 Å². The van der Waals surface area contributed by atoms with E-state index in [0.717, 1.165) is 31.9 Å². The second-order valence-corrected chi connectivity index (χ2v) is 4.87. The minimum atomic E-state index is 0. The smallest absolute Gasteiger partial charge is 0.0589 e. The Bertz CT molecular complexity index is 331. The van der Waals surface area contributed by atoms with Gasteiger partial charge in [0.2, 0.25) is 0 Å². The Morgan fingerprint density at radius 3 is 2.61 bits per heavy atom. The van der Waals surface area contributed by atoms with E-state index in [1.807, 2.05) is 18.2 Å². The topological polar surface area (TPSA) is 38.5 Å². The average Bonchev–Trinajstić information content (AvgIpc) is 2.25. The number of nitrogen functional groups attached to an aromatic ring is 1. The summed E-state index contributed by atoms with van der Waals surface area (Å²) in [7, 11) is 1.74. The van der Waals surface area contributed by atoms with E-state index in [1.165, 1.54) is 5.56 Å². The van der Waals surface area contributed by atoms with Gasteiger partial charge in [-0.25, -0.2) is 0 Å². The molecule has 0 unspecified atom stereocenters. The van der Waals surface area contributed by atoms with Crippen LogP contribution in [-0.2, 0) is 11.3 Å². The molecule has 1 rings (SSSR count). The summed E-state index contributed by atoms with van der Waals surface area (Å²) in [6.45, 7) is 8.22. The molecule has 0 heterocycles. The predicted octanol–water partition coefficient (Wildman–Crippen LogP) is 2.80. The molecule has 2 N–H and O–H groups in total. The van der Waals surface area contributed by atoms with Gasteiger partial charge in [0.1, 0.15) is 0 Å². The van der Waals surface area contributed by atoms with Crippen LogP contribution in [0.5, 0.6) is 0 Å². The first-order chi connectivity index (χ1) is 8.11. The molecule has 4 heteroatoms. The summed E-state index contributed by atoms with van der Waals surface area (Å²) in [6, 6.07) is 8.09. The second kappa shape index (κ2) is 9.20. The zero-order valence-electron chi connectivity index (χ0n) is 11.6. The number of nitrogens with zero attached hydrogens (tertiary/aromatic N) is 1. The number of methoxy groups -OCH3 is 1. The van der Waals surface area contributed by atoms with Crippen molar-refractivity contribution in [3.63, 3.8) is 0 Å². The Morgan fingerprint density at radius 2 is 2.06 bits per heavy atom. The van der Waals surface area contributed by atoms with E-state index in [9.17, 15) is 0 Å². The van der Waals surface area contributed by atoms with Gasteiger partial charge in [0.25, 0.3) is 0 Å². The first kappa shape index (κ1) is 17.2. The lowest BCUT2D eigenvalue weighted by Gasteiger charge is -2.24. The van der Waals surface area contributed by atoms with E-state index in [2.05, 4.69) is 24.8 Å². The normalized spacial score (nSPS) is 10.7. The largest absolute Gasteiger partial charge is 0.399 e. The highest BCUT2D eigenvalue weighted by Gasteiger charge is 2.08. The molecular weight excluding hydrogens is 248 g/mol. The minimum absolute atomic E-state index is 0. The molecule has 0 fully saturated rings. The predicted molar refractivity (Wildman–Crippen MR) is 80.1 cm³/mol. The van der Waals surface area contributed by atoms with Crippen LogP contribution in [0, 0.1) is 5.92 Å². The Labute approximate surface area is 117 Å². The fourth-order valence-electron chi connectivity index (χ4n) is 1.92. The van der Waals surface area contributed by atoms with Crippen LogP contribution in [0.3, 0.4) is 0 Å². The standard InChI is InChI=1S/C14H24N2O.ClH/c1-12(2)10-16(7-8-17-3)11-13-5-4-6-14(15)9-13;/h4-6,9,12H,7-8,10-11,15H2,1-3H3;1H. The van der Waals surface area contributed by atoms with Crippen molar-refractivity contribution in [1.29, 1.82) is 0 Å². The quantitative estimate of drug-likeness (QED) is 0.776. The van der Waals surface area contributed by atoms with Gasteiger partial charge in [-0.15, -0.1) is 12.4 Å². The lowest BCUT2D eigenvalue weighted by Crippen LogP contribution is -2.30. The molecule has 0 saturated carbocycles. The summed E-state index contributed by atoms with van der Waals surface area (Å²) < 4.78 is 5.15. The zero-order valence-corrected chi connectivity index (χ0v) is 12.4. The highest BCUT2D eigenvalue weighted by molar-refractivity contribution is 5.85. The van der Waals surface area contributed by atoms with Gasteiger partial charge in [-0.3, -0.25) is 4.90 Å². The van der Waals surface area contributed by atoms with Gasteiger partial charge in [-0.05, 0) is 23.6 Å². The Hall–Kier alpha value is -0.770. The van der Waals surface area contributed by atoms with E-state index in [0.29, 0.717) is 5.92 Å². The lowest BCUT2D eigenvalue weighted by atomic mass is 10.1. The maximum absolute atomic E-state index is 5.79. The molecule has 0 radical (unpaired) electrons. The van der Waals surface area contributed by atoms with Crippen LogP contribution in [0.1, 0.15) is 19.4 Å². The third-order valence-corrected chi connectivity index (χ3v) is 2.59. The Kier molecular flexibility index (Phi) is 8.81. The van der Waals surface area contributed by atoms with Crippen LogP contribution >= 0.6 is 12.4 Å². The van der Waals surface area contributed by atoms with Crippen LogP contribution in [0.2, 0.25) is 0 Å². The summed E-state index contributed by atoms with van der Waals surface area (Å²) >= 11 is 0. The third-order valence-electron chi connectivity index (χ3n) is 2.59. The molecule has 0 aliphatic rings. The van der Waals surface area contributed by atoms with Crippen molar-refractivity contribution in [1.82, 2.24) is 4.90 Å². The number of benzene rings is 1. The highest BCUT2D eigenvalue weighted by Crippen LogP contribution is 2.10. The SMILES string of the molecule is COCCN(Cc1cccc(N)c1)CC(C)C.Cl. The molecule has 1 aromatic rings. The van der Waals surface area contributed by atoms with Crippen molar-refractivity contribution in [3.8, 4) is 0 Å². The molecule has 104 valence electrons. The molecule has 0 saturated heterocycles. The van der Waals surface area contributed by atoms with Gasteiger partial charge in [0, 0.05) is 32.4 Å². The number of ether oxygens (including phenoxy) is 1. The maximum atomic E-state index is 5.79. The van der Waals surface area contributed by atoms with E-state index in [1.54, 1.807) is 7.11 Å². The van der Waals surface area contributed by atoms with E-state index in [-0.39, 0.29) is 12.4 Å². The molecule has 18 heavy (non-hydrogen) atoms. The molecule has 0 aliphatic carbocycles. The van der Waals surface area contributed by atoms with Crippen LogP contribution in [0.4, 0.5) is 5.69 Å². The first-order valence-corrected chi connectivity index (χ1v) is 6.17. The summed E-state index contributed by atoms with van der Waals surface area (Å²) in [5, 5.41) is 0. The molecule has 0 aromatic heterocycles. The van der Waals surface area contributed by atoms with Gasteiger partial charge in [-0.2, -0.15) is 0 Å². The van der Waals surface area contributed by atoms with Gasteiger partial charge in [0.15, 0.2) is 0 Å². The molecule has 0 atom stereocenters. The molecular formula is C14H25ClN2O. The van der Waals surface area contributed by atoms with Crippen LogP contribution in [0.25, 0.3) is 0 Å². The molecule has 1 aromatic carbocycles. The number of hydrogen-bond donors (Lipinski definition) is 1. The van der Waals surface area contributed by atoms with Gasteiger partial charge >= 0.3 is 0 Å². The van der Waals surface area contributed by atoms with Gasteiger partial charge in [-0.1, -0.05) is 26.0 Å². The molecule has 0 amide bonds. The Balaban J connectivity index is 0.00000289. The maximum Gasteiger partial charge on any atom is 0.0589 e. The van der Waals surface area contributed by atoms with Crippen LogP contribution < -0.4 is 5.73 Å². The number of anilines is 1. The van der Waals surface area contributed by atoms with Crippen molar-refractivity contribution in [2.45, 2.75) is 20.4 Å². The summed E-state index contributed by atoms with van der Waals surface area (Å²) in [4.78, 5) is 2.41. The van der Waals surface area contributed by atoms with Crippen molar-refractivity contribution in [2.75, 3.05) is 32.5 Å². The number of halogens is 1. The first-order valence-electron chi connectivity index (χ1n) is 6.17. The molecule has 0 spiro atoms. The summed E-state index contributed by atoms with van der Waals surface area (Å²) in [5.74, 6) is 0.660. The number of rotatable bonds is 7. The molecule has 0 bridgehead atoms. The lowest BCUT2D eigenvalue weighted by molar-refractivity contribution is 0.136. The highest BCUT2D eigenvalue weighted by atomic mass is 35.5. The minimum Gasteiger partial charge on any atom is -0.399 e. The number of nitrogens with two attached hydrogens (primary N) is 1. The van der Waals surface area contributed by atoms with Crippen molar-refractivity contribution >= 4 is 18.1 Å². The fourth-order valence-corrected chi connectivity index (χ4v) is 1.92. The average molecular weight is 273 g/mol. The van der Waals surface area contributed by atoms with E-state index < -0.39 is 0 Å². The van der Waals surface area contributed by atoms with Gasteiger partial charge in [0.05, 0.1) is 6.61 Å². The van der Waals surface area contributed by atoms with E-state index in [4.69, 9.17) is 10.5 Å². The zero-order chi connectivity index (χ0) is 12.7. The second-order valence-electron chi connectivity index (χ2n) is 4.87. The van der Waals surface area contributed by atoms with Crippen molar-refractivity contribution < 1.29 is 4.74 Å².